The third-order valence-electron chi connectivity index (χ3n) is 3.62. The van der Waals surface area contributed by atoms with E-state index in [2.05, 4.69) is 16.7 Å². The van der Waals surface area contributed by atoms with Gasteiger partial charge in [-0.25, -0.2) is 0 Å². The van der Waals surface area contributed by atoms with Crippen LogP contribution in [0.5, 0.6) is 0 Å². The van der Waals surface area contributed by atoms with Gasteiger partial charge in [-0.05, 0) is 19.1 Å². The summed E-state index contributed by atoms with van der Waals surface area (Å²) in [6.07, 6.45) is 0. The van der Waals surface area contributed by atoms with Gasteiger partial charge in [0.05, 0.1) is 6.54 Å². The molecule has 1 aliphatic heterocycles. The zero-order valence-electron chi connectivity index (χ0n) is 11.7. The normalized spacial score (nSPS) is 18.1. The Morgan fingerprint density at radius 3 is 2.50 bits per heavy atom. The number of nitrogens with zero attached hydrogens (tertiary/aromatic N) is 2. The summed E-state index contributed by atoms with van der Waals surface area (Å²) in [5, 5.41) is 8.99. The van der Waals surface area contributed by atoms with Gasteiger partial charge < -0.3 is 5.11 Å². The molecule has 1 atom stereocenters. The van der Waals surface area contributed by atoms with Gasteiger partial charge in [-0.15, -0.1) is 0 Å². The molecule has 20 heavy (non-hydrogen) atoms. The number of aliphatic carboxylic acids is 1. The number of carboxylic acids is 1. The molecule has 1 unspecified atom stereocenters. The molecule has 1 fully saturated rings. The summed E-state index contributed by atoms with van der Waals surface area (Å²) in [6.45, 7) is 5.82. The largest absolute Gasteiger partial charge is 0.480 e. The third kappa shape index (κ3) is 4.09. The second kappa shape index (κ2) is 7.09. The summed E-state index contributed by atoms with van der Waals surface area (Å²) in [7, 11) is 0. The zero-order chi connectivity index (χ0) is 14.4. The predicted molar refractivity (Wildman–Crippen MR) is 78.4 cm³/mol. The first-order chi connectivity index (χ1) is 9.66. The van der Waals surface area contributed by atoms with Gasteiger partial charge in [0.2, 0.25) is 0 Å². The van der Waals surface area contributed by atoms with Crippen LogP contribution in [-0.2, 0) is 4.79 Å². The molecule has 0 bridgehead atoms. The first-order valence-corrected chi connectivity index (χ1v) is 6.90. The highest BCUT2D eigenvalue weighted by Gasteiger charge is 2.24. The maximum absolute atomic E-state index is 10.9. The number of hydrogen-bond acceptors (Lipinski definition) is 3. The van der Waals surface area contributed by atoms with Crippen LogP contribution in [0.2, 0.25) is 0 Å². The Morgan fingerprint density at radius 1 is 1.25 bits per heavy atom. The molecule has 1 N–H and O–H groups in total. The minimum absolute atomic E-state index is 0.396. The fourth-order valence-corrected chi connectivity index (χ4v) is 2.24. The van der Waals surface area contributed by atoms with Crippen molar-refractivity contribution in [2.24, 2.45) is 0 Å². The molecule has 0 aromatic heterocycles. The van der Waals surface area contributed by atoms with Gasteiger partial charge >= 0.3 is 5.97 Å². The van der Waals surface area contributed by atoms with E-state index in [-0.39, 0.29) is 0 Å². The molecule has 106 valence electrons. The highest BCUT2D eigenvalue weighted by Crippen LogP contribution is 2.06. The third-order valence-corrected chi connectivity index (χ3v) is 3.62. The van der Waals surface area contributed by atoms with E-state index in [1.165, 1.54) is 0 Å². The van der Waals surface area contributed by atoms with Gasteiger partial charge in [0.1, 0.15) is 6.04 Å². The topological polar surface area (TPSA) is 43.8 Å². The van der Waals surface area contributed by atoms with E-state index in [0.29, 0.717) is 0 Å². The Balaban J connectivity index is 1.78. The van der Waals surface area contributed by atoms with E-state index >= 15 is 0 Å². The molecule has 0 radical (unpaired) electrons. The molecule has 4 heteroatoms. The minimum Gasteiger partial charge on any atom is -0.480 e. The Kier molecular flexibility index (Phi) is 5.16. The van der Waals surface area contributed by atoms with Crippen molar-refractivity contribution < 1.29 is 9.90 Å². The van der Waals surface area contributed by atoms with Gasteiger partial charge in [-0.1, -0.05) is 30.0 Å². The van der Waals surface area contributed by atoms with Gasteiger partial charge in [0.15, 0.2) is 0 Å². The first-order valence-electron chi connectivity index (χ1n) is 6.90. The van der Waals surface area contributed by atoms with Crippen molar-refractivity contribution in [3.05, 3.63) is 35.9 Å². The standard InChI is InChI=1S/C16H20N2O2/c1-14(16(19)20)18-12-10-17(11-13-18)9-5-8-15-6-3-2-4-7-15/h2-4,6-7,14H,9-13H2,1H3,(H,19,20). The minimum atomic E-state index is -0.748. The van der Waals surface area contributed by atoms with Gasteiger partial charge in [0, 0.05) is 31.7 Å². The average Bonchev–Trinajstić information content (AvgIpc) is 2.48. The van der Waals surface area contributed by atoms with Crippen LogP contribution in [0, 0.1) is 11.8 Å². The number of benzene rings is 1. The van der Waals surface area contributed by atoms with E-state index in [4.69, 9.17) is 5.11 Å². The lowest BCUT2D eigenvalue weighted by atomic mass is 10.2. The Hall–Kier alpha value is -1.83. The molecule has 4 nitrogen and oxygen atoms in total. The molecule has 0 aliphatic carbocycles. The SMILES string of the molecule is CC(C(=O)O)N1CCN(CC#Cc2ccccc2)CC1. The van der Waals surface area contributed by atoms with E-state index in [9.17, 15) is 4.79 Å². The molecule has 0 amide bonds. The van der Waals surface area contributed by atoms with Crippen LogP contribution in [0.25, 0.3) is 0 Å². The van der Waals surface area contributed by atoms with Crippen LogP contribution in [0.1, 0.15) is 12.5 Å². The van der Waals surface area contributed by atoms with E-state index < -0.39 is 12.0 Å². The lowest BCUT2D eigenvalue weighted by molar-refractivity contribution is -0.143. The molecular formula is C16H20N2O2. The lowest BCUT2D eigenvalue weighted by Gasteiger charge is -2.35. The summed E-state index contributed by atoms with van der Waals surface area (Å²) >= 11 is 0. The smallest absolute Gasteiger partial charge is 0.320 e. The quantitative estimate of drug-likeness (QED) is 0.838. The van der Waals surface area contributed by atoms with Gasteiger partial charge in [-0.3, -0.25) is 14.6 Å². The number of piperazine rings is 1. The van der Waals surface area contributed by atoms with Crippen molar-refractivity contribution in [3.63, 3.8) is 0 Å². The lowest BCUT2D eigenvalue weighted by Crippen LogP contribution is -2.51. The van der Waals surface area contributed by atoms with Crippen LogP contribution >= 0.6 is 0 Å². The molecule has 0 saturated carbocycles. The van der Waals surface area contributed by atoms with Crippen LogP contribution in [0.15, 0.2) is 30.3 Å². The summed E-state index contributed by atoms with van der Waals surface area (Å²) in [5.41, 5.74) is 1.03. The van der Waals surface area contributed by atoms with Crippen molar-refractivity contribution >= 4 is 5.97 Å². The summed E-state index contributed by atoms with van der Waals surface area (Å²) in [5.74, 6) is 5.58. The molecule has 1 saturated heterocycles. The highest BCUT2D eigenvalue weighted by atomic mass is 16.4. The average molecular weight is 272 g/mol. The first kappa shape index (κ1) is 14.6. The van der Waals surface area contributed by atoms with E-state index in [0.717, 1.165) is 38.3 Å². The van der Waals surface area contributed by atoms with Crippen molar-refractivity contribution in [2.75, 3.05) is 32.7 Å². The van der Waals surface area contributed by atoms with Crippen molar-refractivity contribution in [2.45, 2.75) is 13.0 Å². The fraction of sp³-hybridized carbons (Fsp3) is 0.438. The molecule has 1 aromatic carbocycles. The number of hydrogen-bond donors (Lipinski definition) is 1. The molecule has 2 rings (SSSR count). The Bertz CT molecular complexity index is 496. The van der Waals surface area contributed by atoms with Crippen molar-refractivity contribution in [1.29, 1.82) is 0 Å². The molecule has 0 spiro atoms. The maximum atomic E-state index is 10.9. The number of carbonyl (C=O) groups is 1. The zero-order valence-corrected chi connectivity index (χ0v) is 11.7. The van der Waals surface area contributed by atoms with Gasteiger partial charge in [-0.2, -0.15) is 0 Å². The van der Waals surface area contributed by atoms with Crippen molar-refractivity contribution in [1.82, 2.24) is 9.80 Å². The summed E-state index contributed by atoms with van der Waals surface area (Å²) in [4.78, 5) is 15.2. The number of carboxylic acid groups (broad SMARTS) is 1. The van der Waals surface area contributed by atoms with Crippen LogP contribution in [-0.4, -0.2) is 59.6 Å². The number of rotatable bonds is 3. The van der Waals surface area contributed by atoms with Crippen LogP contribution in [0.3, 0.4) is 0 Å². The Morgan fingerprint density at radius 2 is 1.90 bits per heavy atom. The maximum Gasteiger partial charge on any atom is 0.320 e. The molecule has 1 aliphatic rings. The van der Waals surface area contributed by atoms with Crippen molar-refractivity contribution in [3.8, 4) is 11.8 Å². The molecule has 1 heterocycles. The second-order valence-electron chi connectivity index (χ2n) is 4.99. The monoisotopic (exact) mass is 272 g/mol. The van der Waals surface area contributed by atoms with E-state index in [1.807, 2.05) is 35.2 Å². The summed E-state index contributed by atoms with van der Waals surface area (Å²) in [6, 6.07) is 9.55. The second-order valence-corrected chi connectivity index (χ2v) is 4.99. The predicted octanol–water partition coefficient (Wildman–Crippen LogP) is 1.13. The molecular weight excluding hydrogens is 252 g/mol. The van der Waals surface area contributed by atoms with Crippen LogP contribution < -0.4 is 0 Å². The molecule has 1 aromatic rings. The summed E-state index contributed by atoms with van der Waals surface area (Å²) < 4.78 is 0. The van der Waals surface area contributed by atoms with Crippen LogP contribution in [0.4, 0.5) is 0 Å². The Labute approximate surface area is 120 Å². The van der Waals surface area contributed by atoms with E-state index in [1.54, 1.807) is 6.92 Å². The van der Waals surface area contributed by atoms with Gasteiger partial charge in [0.25, 0.3) is 0 Å². The highest BCUT2D eigenvalue weighted by molar-refractivity contribution is 5.72. The fourth-order valence-electron chi connectivity index (χ4n) is 2.24.